The normalized spacial score (nSPS) is 10.9. The standard InChI is InChI=1S/C24H36N2O4/c1-27-15-7-3-5-9-17-29-22-13-11-21(12-14-22)24-25-19-23(20-26-24)30-18-10-6-4-8-16-28-2/h11-14,19-20H,3-10,15-18H2,1-2H3. The first kappa shape index (κ1) is 24.1. The van der Waals surface area contributed by atoms with Gasteiger partial charge in [0.15, 0.2) is 11.6 Å². The predicted octanol–water partition coefficient (Wildman–Crippen LogP) is 5.31. The van der Waals surface area contributed by atoms with E-state index < -0.39 is 0 Å². The largest absolute Gasteiger partial charge is 0.494 e. The topological polar surface area (TPSA) is 62.7 Å². The van der Waals surface area contributed by atoms with Crippen molar-refractivity contribution in [3.05, 3.63) is 36.7 Å². The highest BCUT2D eigenvalue weighted by atomic mass is 16.5. The molecular weight excluding hydrogens is 380 g/mol. The van der Waals surface area contributed by atoms with Crippen LogP contribution in [0.4, 0.5) is 0 Å². The van der Waals surface area contributed by atoms with Crippen LogP contribution < -0.4 is 9.47 Å². The van der Waals surface area contributed by atoms with Crippen LogP contribution in [0.3, 0.4) is 0 Å². The minimum Gasteiger partial charge on any atom is -0.494 e. The molecule has 0 unspecified atom stereocenters. The van der Waals surface area contributed by atoms with Crippen molar-refractivity contribution in [3.8, 4) is 22.9 Å². The Balaban J connectivity index is 1.65. The lowest BCUT2D eigenvalue weighted by atomic mass is 10.2. The van der Waals surface area contributed by atoms with Crippen molar-refractivity contribution in [2.75, 3.05) is 40.6 Å². The number of methoxy groups -OCH3 is 2. The van der Waals surface area contributed by atoms with Gasteiger partial charge in [0, 0.05) is 33.0 Å². The van der Waals surface area contributed by atoms with E-state index in [-0.39, 0.29) is 0 Å². The Morgan fingerprint density at radius 3 is 1.53 bits per heavy atom. The summed E-state index contributed by atoms with van der Waals surface area (Å²) in [6, 6.07) is 7.92. The zero-order valence-corrected chi connectivity index (χ0v) is 18.5. The Labute approximate surface area is 180 Å². The third-order valence-corrected chi connectivity index (χ3v) is 4.76. The van der Waals surface area contributed by atoms with Crippen molar-refractivity contribution in [1.29, 1.82) is 0 Å². The first-order valence-corrected chi connectivity index (χ1v) is 11.0. The molecule has 6 heteroatoms. The molecule has 30 heavy (non-hydrogen) atoms. The zero-order chi connectivity index (χ0) is 21.3. The summed E-state index contributed by atoms with van der Waals surface area (Å²) in [6.45, 7) is 3.10. The van der Waals surface area contributed by atoms with Crippen LogP contribution in [0, 0.1) is 0 Å². The Hall–Kier alpha value is -2.18. The van der Waals surface area contributed by atoms with E-state index in [0.717, 1.165) is 69.7 Å². The van der Waals surface area contributed by atoms with Gasteiger partial charge >= 0.3 is 0 Å². The fourth-order valence-electron chi connectivity index (χ4n) is 3.02. The van der Waals surface area contributed by atoms with Gasteiger partial charge in [0.2, 0.25) is 0 Å². The molecule has 0 fully saturated rings. The number of rotatable bonds is 17. The maximum absolute atomic E-state index is 5.81. The molecule has 0 radical (unpaired) electrons. The quantitative estimate of drug-likeness (QED) is 0.326. The van der Waals surface area contributed by atoms with E-state index in [4.69, 9.17) is 18.9 Å². The van der Waals surface area contributed by atoms with Crippen LogP contribution >= 0.6 is 0 Å². The average molecular weight is 417 g/mol. The molecule has 166 valence electrons. The van der Waals surface area contributed by atoms with Gasteiger partial charge in [-0.05, 0) is 62.8 Å². The van der Waals surface area contributed by atoms with Crippen LogP contribution in [-0.4, -0.2) is 50.6 Å². The minimum atomic E-state index is 0.687. The molecule has 0 N–H and O–H groups in total. The lowest BCUT2D eigenvalue weighted by molar-refractivity contribution is 0.191. The molecule has 1 aromatic heterocycles. The monoisotopic (exact) mass is 416 g/mol. The highest BCUT2D eigenvalue weighted by Gasteiger charge is 2.03. The number of benzene rings is 1. The molecule has 0 atom stereocenters. The van der Waals surface area contributed by atoms with Crippen molar-refractivity contribution in [3.63, 3.8) is 0 Å². The van der Waals surface area contributed by atoms with Gasteiger partial charge in [-0.1, -0.05) is 12.8 Å². The maximum atomic E-state index is 5.81. The lowest BCUT2D eigenvalue weighted by Crippen LogP contribution is -2.00. The molecule has 0 amide bonds. The van der Waals surface area contributed by atoms with Crippen LogP contribution in [0.2, 0.25) is 0 Å². The molecule has 0 bridgehead atoms. The summed E-state index contributed by atoms with van der Waals surface area (Å²) >= 11 is 0. The van der Waals surface area contributed by atoms with Gasteiger partial charge < -0.3 is 18.9 Å². The molecule has 2 rings (SSSR count). The fraction of sp³-hybridized carbons (Fsp3) is 0.583. The molecule has 1 aromatic carbocycles. The number of hydrogen-bond acceptors (Lipinski definition) is 6. The summed E-state index contributed by atoms with van der Waals surface area (Å²) in [7, 11) is 3.48. The van der Waals surface area contributed by atoms with E-state index in [1.54, 1.807) is 26.6 Å². The van der Waals surface area contributed by atoms with Gasteiger partial charge in [-0.15, -0.1) is 0 Å². The summed E-state index contributed by atoms with van der Waals surface area (Å²) < 4.78 is 21.6. The molecule has 6 nitrogen and oxygen atoms in total. The van der Waals surface area contributed by atoms with E-state index in [9.17, 15) is 0 Å². The van der Waals surface area contributed by atoms with Gasteiger partial charge in [0.25, 0.3) is 0 Å². The Bertz CT molecular complexity index is 602. The third kappa shape index (κ3) is 10.0. The average Bonchev–Trinajstić information content (AvgIpc) is 2.79. The van der Waals surface area contributed by atoms with Gasteiger partial charge in [0.05, 0.1) is 25.6 Å². The first-order chi connectivity index (χ1) is 14.8. The van der Waals surface area contributed by atoms with Gasteiger partial charge in [-0.2, -0.15) is 0 Å². The van der Waals surface area contributed by atoms with E-state index in [1.807, 2.05) is 24.3 Å². The molecular formula is C24H36N2O4. The van der Waals surface area contributed by atoms with Gasteiger partial charge in [0.1, 0.15) is 5.75 Å². The number of unbranched alkanes of at least 4 members (excludes halogenated alkanes) is 6. The van der Waals surface area contributed by atoms with Gasteiger partial charge in [-0.25, -0.2) is 9.97 Å². The molecule has 0 aliphatic heterocycles. The van der Waals surface area contributed by atoms with Crippen LogP contribution in [0.1, 0.15) is 51.4 Å². The van der Waals surface area contributed by atoms with Crippen molar-refractivity contribution in [2.24, 2.45) is 0 Å². The van der Waals surface area contributed by atoms with E-state index in [2.05, 4.69) is 9.97 Å². The number of aromatic nitrogens is 2. The Kier molecular flexibility index (Phi) is 12.6. The van der Waals surface area contributed by atoms with Crippen LogP contribution in [0.5, 0.6) is 11.5 Å². The summed E-state index contributed by atoms with van der Waals surface area (Å²) in [4.78, 5) is 8.85. The zero-order valence-electron chi connectivity index (χ0n) is 18.5. The third-order valence-electron chi connectivity index (χ3n) is 4.76. The second-order valence-electron chi connectivity index (χ2n) is 7.28. The first-order valence-electron chi connectivity index (χ1n) is 11.0. The predicted molar refractivity (Wildman–Crippen MR) is 119 cm³/mol. The van der Waals surface area contributed by atoms with Crippen molar-refractivity contribution in [2.45, 2.75) is 51.4 Å². The highest BCUT2D eigenvalue weighted by molar-refractivity contribution is 5.56. The Morgan fingerprint density at radius 1 is 0.567 bits per heavy atom. The summed E-state index contributed by atoms with van der Waals surface area (Å²) in [5, 5.41) is 0. The molecule has 1 heterocycles. The highest BCUT2D eigenvalue weighted by Crippen LogP contribution is 2.20. The maximum Gasteiger partial charge on any atom is 0.159 e. The van der Waals surface area contributed by atoms with Crippen LogP contribution in [0.25, 0.3) is 11.4 Å². The number of nitrogens with zero attached hydrogens (tertiary/aromatic N) is 2. The second kappa shape index (κ2) is 15.6. The molecule has 2 aromatic rings. The molecule has 0 aliphatic rings. The van der Waals surface area contributed by atoms with E-state index >= 15 is 0 Å². The summed E-state index contributed by atoms with van der Waals surface area (Å²) in [6.07, 6.45) is 12.4. The Morgan fingerprint density at radius 2 is 1.03 bits per heavy atom. The van der Waals surface area contributed by atoms with Crippen LogP contribution in [-0.2, 0) is 9.47 Å². The van der Waals surface area contributed by atoms with Gasteiger partial charge in [-0.3, -0.25) is 0 Å². The smallest absolute Gasteiger partial charge is 0.159 e. The summed E-state index contributed by atoms with van der Waals surface area (Å²) in [5.74, 6) is 2.27. The number of ether oxygens (including phenoxy) is 4. The van der Waals surface area contributed by atoms with E-state index in [0.29, 0.717) is 18.2 Å². The molecule has 0 saturated heterocycles. The van der Waals surface area contributed by atoms with Crippen LogP contribution in [0.15, 0.2) is 36.7 Å². The lowest BCUT2D eigenvalue weighted by Gasteiger charge is -2.08. The van der Waals surface area contributed by atoms with Crippen molar-refractivity contribution >= 4 is 0 Å². The van der Waals surface area contributed by atoms with Crippen molar-refractivity contribution in [1.82, 2.24) is 9.97 Å². The molecule has 0 aliphatic carbocycles. The van der Waals surface area contributed by atoms with E-state index in [1.165, 1.54) is 12.8 Å². The van der Waals surface area contributed by atoms with Crippen molar-refractivity contribution < 1.29 is 18.9 Å². The number of hydrogen-bond donors (Lipinski definition) is 0. The fourth-order valence-corrected chi connectivity index (χ4v) is 3.02. The summed E-state index contributed by atoms with van der Waals surface area (Å²) in [5.41, 5.74) is 0.964. The molecule has 0 saturated carbocycles. The SMILES string of the molecule is COCCCCCCOc1ccc(-c2ncc(OCCCCCCOC)cn2)cc1. The second-order valence-corrected chi connectivity index (χ2v) is 7.28. The molecule has 0 spiro atoms. The minimum absolute atomic E-state index is 0.687.